The van der Waals surface area contributed by atoms with Crippen molar-refractivity contribution in [1.82, 2.24) is 15.2 Å². The quantitative estimate of drug-likeness (QED) is 0.868. The van der Waals surface area contributed by atoms with E-state index in [2.05, 4.69) is 29.0 Å². The van der Waals surface area contributed by atoms with Gasteiger partial charge in [-0.15, -0.1) is 0 Å². The number of hydrogen-bond donors (Lipinski definition) is 1. The van der Waals surface area contributed by atoms with Gasteiger partial charge < -0.3 is 14.8 Å². The Morgan fingerprint density at radius 3 is 2.90 bits per heavy atom. The topological polar surface area (TPSA) is 46.6 Å². The van der Waals surface area contributed by atoms with Crippen LogP contribution in [0.2, 0.25) is 0 Å². The van der Waals surface area contributed by atoms with Gasteiger partial charge in [0, 0.05) is 44.5 Å². The Balaban J connectivity index is 2.19. The van der Waals surface area contributed by atoms with Crippen LogP contribution in [0.5, 0.6) is 11.5 Å². The van der Waals surface area contributed by atoms with E-state index in [0.717, 1.165) is 43.4 Å². The standard InChI is InChI=1S/C16H27N3O2/c1-5-12(2)14-10-17-8-9-19(14)11-13-16(21-4)15(20-3)6-7-18-13/h6-7,12,14,17H,5,8-11H2,1-4H3. The van der Waals surface area contributed by atoms with Gasteiger partial charge in [0.2, 0.25) is 0 Å². The molecule has 0 aliphatic carbocycles. The molecule has 1 saturated heterocycles. The number of rotatable bonds is 6. The second-order valence-electron chi connectivity index (χ2n) is 5.62. The van der Waals surface area contributed by atoms with Crippen molar-refractivity contribution < 1.29 is 9.47 Å². The maximum atomic E-state index is 5.50. The van der Waals surface area contributed by atoms with Gasteiger partial charge in [0.15, 0.2) is 11.5 Å². The molecule has 0 aromatic carbocycles. The van der Waals surface area contributed by atoms with E-state index in [0.29, 0.717) is 12.0 Å². The molecule has 2 unspecified atom stereocenters. The summed E-state index contributed by atoms with van der Waals surface area (Å²) >= 11 is 0. The number of nitrogens with one attached hydrogen (secondary N) is 1. The highest BCUT2D eigenvalue weighted by atomic mass is 16.5. The lowest BCUT2D eigenvalue weighted by Crippen LogP contribution is -2.53. The van der Waals surface area contributed by atoms with Crippen LogP contribution < -0.4 is 14.8 Å². The number of aromatic nitrogens is 1. The monoisotopic (exact) mass is 293 g/mol. The van der Waals surface area contributed by atoms with Gasteiger partial charge in [-0.25, -0.2) is 0 Å². The average molecular weight is 293 g/mol. The molecule has 0 saturated carbocycles. The summed E-state index contributed by atoms with van der Waals surface area (Å²) in [5.74, 6) is 2.16. The smallest absolute Gasteiger partial charge is 0.183 e. The minimum Gasteiger partial charge on any atom is -0.493 e. The molecular formula is C16H27N3O2. The Hall–Kier alpha value is -1.33. The molecule has 0 amide bonds. The molecule has 1 fully saturated rings. The van der Waals surface area contributed by atoms with Crippen LogP contribution in [0.15, 0.2) is 12.3 Å². The van der Waals surface area contributed by atoms with Gasteiger partial charge in [0.1, 0.15) is 5.69 Å². The molecule has 1 aromatic rings. The molecular weight excluding hydrogens is 266 g/mol. The van der Waals surface area contributed by atoms with Crippen molar-refractivity contribution in [2.24, 2.45) is 5.92 Å². The van der Waals surface area contributed by atoms with Gasteiger partial charge in [-0.3, -0.25) is 9.88 Å². The van der Waals surface area contributed by atoms with E-state index >= 15 is 0 Å². The lowest BCUT2D eigenvalue weighted by atomic mass is 9.96. The van der Waals surface area contributed by atoms with Crippen LogP contribution in [0.3, 0.4) is 0 Å². The summed E-state index contributed by atoms with van der Waals surface area (Å²) in [6.07, 6.45) is 2.97. The number of nitrogens with zero attached hydrogens (tertiary/aromatic N) is 2. The summed E-state index contributed by atoms with van der Waals surface area (Å²) in [7, 11) is 3.33. The molecule has 5 heteroatoms. The molecule has 1 aliphatic rings. The van der Waals surface area contributed by atoms with Crippen molar-refractivity contribution in [1.29, 1.82) is 0 Å². The van der Waals surface area contributed by atoms with Gasteiger partial charge in [-0.2, -0.15) is 0 Å². The summed E-state index contributed by atoms with van der Waals surface area (Å²) in [6, 6.07) is 2.38. The first-order valence-electron chi connectivity index (χ1n) is 7.71. The van der Waals surface area contributed by atoms with Crippen molar-refractivity contribution in [2.75, 3.05) is 33.9 Å². The van der Waals surface area contributed by atoms with E-state index in [9.17, 15) is 0 Å². The van der Waals surface area contributed by atoms with Crippen LogP contribution in [0.25, 0.3) is 0 Å². The third kappa shape index (κ3) is 3.66. The normalized spacial score (nSPS) is 21.0. The highest BCUT2D eigenvalue weighted by Crippen LogP contribution is 2.30. The van der Waals surface area contributed by atoms with Crippen LogP contribution in [0, 0.1) is 5.92 Å². The first-order valence-corrected chi connectivity index (χ1v) is 7.71. The predicted octanol–water partition coefficient (Wildman–Crippen LogP) is 1.92. The molecule has 118 valence electrons. The molecule has 0 bridgehead atoms. The van der Waals surface area contributed by atoms with Gasteiger partial charge in [-0.1, -0.05) is 20.3 Å². The van der Waals surface area contributed by atoms with Gasteiger partial charge in [0.25, 0.3) is 0 Å². The van der Waals surface area contributed by atoms with Crippen molar-refractivity contribution >= 4 is 0 Å². The van der Waals surface area contributed by atoms with Crippen molar-refractivity contribution in [3.63, 3.8) is 0 Å². The van der Waals surface area contributed by atoms with Crippen LogP contribution in [0.1, 0.15) is 26.0 Å². The predicted molar refractivity (Wildman–Crippen MR) is 83.9 cm³/mol. The van der Waals surface area contributed by atoms with Crippen molar-refractivity contribution in [2.45, 2.75) is 32.9 Å². The summed E-state index contributed by atoms with van der Waals surface area (Å²) in [5, 5.41) is 3.50. The fourth-order valence-corrected chi connectivity index (χ4v) is 2.95. The lowest BCUT2D eigenvalue weighted by molar-refractivity contribution is 0.106. The molecule has 0 spiro atoms. The van der Waals surface area contributed by atoms with Crippen LogP contribution >= 0.6 is 0 Å². The number of ether oxygens (including phenoxy) is 2. The Kier molecular flexibility index (Phi) is 5.82. The van der Waals surface area contributed by atoms with Crippen LogP contribution in [-0.4, -0.2) is 49.8 Å². The van der Waals surface area contributed by atoms with E-state index in [-0.39, 0.29) is 0 Å². The number of hydrogen-bond acceptors (Lipinski definition) is 5. The second kappa shape index (κ2) is 7.61. The number of methoxy groups -OCH3 is 2. The summed E-state index contributed by atoms with van der Waals surface area (Å²) < 4.78 is 10.9. The van der Waals surface area contributed by atoms with Gasteiger partial charge in [0.05, 0.1) is 14.2 Å². The Morgan fingerprint density at radius 2 is 2.24 bits per heavy atom. The third-order valence-corrected chi connectivity index (χ3v) is 4.42. The molecule has 2 rings (SSSR count). The van der Waals surface area contributed by atoms with E-state index < -0.39 is 0 Å². The molecule has 1 aromatic heterocycles. The van der Waals surface area contributed by atoms with Crippen molar-refractivity contribution in [3.8, 4) is 11.5 Å². The zero-order valence-corrected chi connectivity index (χ0v) is 13.6. The van der Waals surface area contributed by atoms with Gasteiger partial charge >= 0.3 is 0 Å². The second-order valence-corrected chi connectivity index (χ2v) is 5.62. The maximum Gasteiger partial charge on any atom is 0.183 e. The Bertz CT molecular complexity index is 453. The number of piperazine rings is 1. The zero-order chi connectivity index (χ0) is 15.2. The molecule has 0 radical (unpaired) electrons. The fraction of sp³-hybridized carbons (Fsp3) is 0.688. The zero-order valence-electron chi connectivity index (χ0n) is 13.6. The van der Waals surface area contributed by atoms with Crippen molar-refractivity contribution in [3.05, 3.63) is 18.0 Å². The average Bonchev–Trinajstić information content (AvgIpc) is 2.54. The SMILES string of the molecule is CCC(C)C1CNCCN1Cc1nccc(OC)c1OC. The van der Waals surface area contributed by atoms with E-state index in [1.807, 2.05) is 6.07 Å². The lowest BCUT2D eigenvalue weighted by Gasteiger charge is -2.39. The first kappa shape index (κ1) is 16.0. The summed E-state index contributed by atoms with van der Waals surface area (Å²) in [4.78, 5) is 7.01. The Labute approximate surface area is 127 Å². The van der Waals surface area contributed by atoms with E-state index in [4.69, 9.17) is 9.47 Å². The third-order valence-electron chi connectivity index (χ3n) is 4.42. The molecule has 21 heavy (non-hydrogen) atoms. The molecule has 2 heterocycles. The largest absolute Gasteiger partial charge is 0.493 e. The number of pyridine rings is 1. The van der Waals surface area contributed by atoms with Crippen LogP contribution in [0.4, 0.5) is 0 Å². The fourth-order valence-electron chi connectivity index (χ4n) is 2.95. The highest BCUT2D eigenvalue weighted by Gasteiger charge is 2.27. The maximum absolute atomic E-state index is 5.50. The minimum absolute atomic E-state index is 0.543. The molecule has 1 N–H and O–H groups in total. The molecule has 5 nitrogen and oxygen atoms in total. The highest BCUT2D eigenvalue weighted by molar-refractivity contribution is 5.42. The van der Waals surface area contributed by atoms with Gasteiger partial charge in [-0.05, 0) is 5.92 Å². The van der Waals surface area contributed by atoms with E-state index in [1.54, 1.807) is 20.4 Å². The first-order chi connectivity index (χ1) is 10.2. The van der Waals surface area contributed by atoms with Crippen LogP contribution in [-0.2, 0) is 6.54 Å². The Morgan fingerprint density at radius 1 is 1.43 bits per heavy atom. The van der Waals surface area contributed by atoms with E-state index in [1.165, 1.54) is 6.42 Å². The summed E-state index contributed by atoms with van der Waals surface area (Å²) in [5.41, 5.74) is 0.951. The molecule has 2 atom stereocenters. The summed E-state index contributed by atoms with van der Waals surface area (Å²) in [6.45, 7) is 8.48. The molecule has 1 aliphatic heterocycles. The minimum atomic E-state index is 0.543.